The van der Waals surface area contributed by atoms with E-state index < -0.39 is 22.7 Å². The number of carbonyl (C=O) groups excluding carboxylic acids is 1. The molecule has 72 valence electrons. The number of hydrogen-bond donors (Lipinski definition) is 1. The molecule has 0 bridgehead atoms. The number of allylic oxidation sites excluding steroid dienone is 1. The van der Waals surface area contributed by atoms with Crippen LogP contribution in [0.1, 0.15) is 0 Å². The minimum Gasteiger partial charge on any atom is -0.364 e. The second kappa shape index (κ2) is 2.81. The van der Waals surface area contributed by atoms with E-state index in [1.807, 2.05) is 0 Å². The van der Waals surface area contributed by atoms with E-state index in [0.717, 1.165) is 0 Å². The zero-order valence-electron chi connectivity index (χ0n) is 5.97. The van der Waals surface area contributed by atoms with Crippen LogP contribution in [0.15, 0.2) is 16.6 Å². The van der Waals surface area contributed by atoms with E-state index in [-0.39, 0.29) is 6.08 Å². The van der Waals surface area contributed by atoms with Crippen LogP contribution in [0.4, 0.5) is 13.2 Å². The van der Waals surface area contributed by atoms with Crippen molar-refractivity contribution in [3.63, 3.8) is 0 Å². The van der Waals surface area contributed by atoms with E-state index in [1.54, 1.807) is 0 Å². The fourth-order valence-electron chi connectivity index (χ4n) is 0.679. The lowest BCUT2D eigenvalue weighted by atomic mass is 10.1. The molecule has 1 unspecified atom stereocenters. The van der Waals surface area contributed by atoms with Gasteiger partial charge in [-0.15, -0.1) is 0 Å². The molecule has 0 radical (unpaired) electrons. The van der Waals surface area contributed by atoms with Crippen LogP contribution in [0.2, 0.25) is 0 Å². The number of alkyl halides is 4. The molecule has 0 saturated carbocycles. The van der Waals surface area contributed by atoms with Gasteiger partial charge in [0.05, 0.1) is 5.57 Å². The van der Waals surface area contributed by atoms with Crippen molar-refractivity contribution in [3.8, 4) is 0 Å². The molecule has 0 fully saturated rings. The van der Waals surface area contributed by atoms with Crippen LogP contribution < -0.4 is 0 Å². The van der Waals surface area contributed by atoms with Crippen LogP contribution in [0.3, 0.4) is 0 Å². The van der Waals surface area contributed by atoms with E-state index in [4.69, 9.17) is 16.7 Å². The van der Waals surface area contributed by atoms with Gasteiger partial charge < -0.3 is 5.11 Å². The van der Waals surface area contributed by atoms with Crippen molar-refractivity contribution in [2.75, 3.05) is 0 Å². The number of rotatable bonds is 0. The Bertz CT molecular complexity index is 305. The van der Waals surface area contributed by atoms with Crippen molar-refractivity contribution in [3.05, 3.63) is 11.6 Å². The predicted octanol–water partition coefficient (Wildman–Crippen LogP) is 1.01. The van der Waals surface area contributed by atoms with Crippen LogP contribution in [0.5, 0.6) is 0 Å². The summed E-state index contributed by atoms with van der Waals surface area (Å²) in [5, 5.41) is 6.22. The highest BCUT2D eigenvalue weighted by atomic mass is 35.5. The first-order chi connectivity index (χ1) is 5.73. The number of hydrogen-bond acceptors (Lipinski definition) is 2. The highest BCUT2D eigenvalue weighted by Crippen LogP contribution is 2.30. The number of dihydropyridines is 1. The maximum absolute atomic E-state index is 12.0. The van der Waals surface area contributed by atoms with Gasteiger partial charge in [-0.3, -0.25) is 4.79 Å². The third kappa shape index (κ3) is 2.07. The van der Waals surface area contributed by atoms with Crippen molar-refractivity contribution in [1.29, 1.82) is 0 Å². The van der Waals surface area contributed by atoms with Gasteiger partial charge in [0.2, 0.25) is 5.06 Å². The van der Waals surface area contributed by atoms with Gasteiger partial charge in [-0.25, -0.2) is 4.99 Å². The molecule has 3 nitrogen and oxygen atoms in total. The molecule has 1 amide bonds. The molecule has 1 rings (SSSR count). The molecule has 1 aliphatic rings. The molecule has 0 spiro atoms. The highest BCUT2D eigenvalue weighted by molar-refractivity contribution is 6.36. The van der Waals surface area contributed by atoms with Crippen molar-refractivity contribution in [2.45, 2.75) is 11.2 Å². The SMILES string of the molecule is O=C1N=CC(C(F)(F)F)=CC1(O)Cl. The van der Waals surface area contributed by atoms with Crippen LogP contribution in [-0.4, -0.2) is 28.5 Å². The van der Waals surface area contributed by atoms with E-state index in [0.29, 0.717) is 6.21 Å². The first-order valence-electron chi connectivity index (χ1n) is 3.03. The topological polar surface area (TPSA) is 49.7 Å². The molecule has 7 heteroatoms. The number of halogens is 4. The summed E-state index contributed by atoms with van der Waals surface area (Å²) in [6.45, 7) is 0. The molecule has 0 aliphatic carbocycles. The van der Waals surface area contributed by atoms with Gasteiger partial charge in [-0.05, 0) is 6.08 Å². The monoisotopic (exact) mass is 213 g/mol. The Morgan fingerprint density at radius 3 is 2.46 bits per heavy atom. The average molecular weight is 214 g/mol. The summed E-state index contributed by atoms with van der Waals surface area (Å²) in [5.74, 6) is -1.23. The summed E-state index contributed by atoms with van der Waals surface area (Å²) in [5.41, 5.74) is -1.25. The first-order valence-corrected chi connectivity index (χ1v) is 3.41. The summed E-state index contributed by atoms with van der Waals surface area (Å²) in [7, 11) is 0. The summed E-state index contributed by atoms with van der Waals surface area (Å²) < 4.78 is 35.9. The van der Waals surface area contributed by atoms with Crippen molar-refractivity contribution < 1.29 is 23.1 Å². The molecule has 0 aromatic heterocycles. The molecular formula is C6H3ClF3NO2. The second-order valence-electron chi connectivity index (χ2n) is 2.33. The summed E-state index contributed by atoms with van der Waals surface area (Å²) in [6.07, 6.45) is -4.14. The van der Waals surface area contributed by atoms with Crippen LogP contribution >= 0.6 is 11.6 Å². The Kier molecular flexibility index (Phi) is 2.21. The average Bonchev–Trinajstić information content (AvgIpc) is 1.92. The van der Waals surface area contributed by atoms with Gasteiger partial charge >= 0.3 is 6.18 Å². The Morgan fingerprint density at radius 2 is 2.08 bits per heavy atom. The molecule has 1 atom stereocenters. The quantitative estimate of drug-likeness (QED) is 0.611. The lowest BCUT2D eigenvalue weighted by Crippen LogP contribution is -2.34. The minimum absolute atomic E-state index is 0.212. The largest absolute Gasteiger partial charge is 0.417 e. The Morgan fingerprint density at radius 1 is 1.54 bits per heavy atom. The van der Waals surface area contributed by atoms with Gasteiger partial charge in [-0.2, -0.15) is 13.2 Å². The van der Waals surface area contributed by atoms with Gasteiger partial charge in [0.25, 0.3) is 5.91 Å². The maximum Gasteiger partial charge on any atom is 0.417 e. The smallest absolute Gasteiger partial charge is 0.364 e. The normalized spacial score (nSPS) is 29.0. The standard InChI is InChI=1S/C6H3ClF3NO2/c7-5(13)1-3(6(8,9)10)2-11-4(5)12/h1-2,13H. The first kappa shape index (κ1) is 10.2. The number of carbonyl (C=O) groups is 1. The summed E-state index contributed by atoms with van der Waals surface area (Å²) in [4.78, 5) is 13.4. The second-order valence-corrected chi connectivity index (χ2v) is 2.91. The van der Waals surface area contributed by atoms with E-state index in [9.17, 15) is 18.0 Å². The molecule has 1 aliphatic heterocycles. The molecular weight excluding hydrogens is 211 g/mol. The van der Waals surface area contributed by atoms with Crippen LogP contribution in [0.25, 0.3) is 0 Å². The number of aliphatic hydroxyl groups is 1. The Balaban J connectivity index is 3.06. The van der Waals surface area contributed by atoms with E-state index in [1.165, 1.54) is 0 Å². The van der Waals surface area contributed by atoms with Crippen molar-refractivity contribution in [2.24, 2.45) is 4.99 Å². The third-order valence-corrected chi connectivity index (χ3v) is 1.57. The van der Waals surface area contributed by atoms with E-state index >= 15 is 0 Å². The fraction of sp³-hybridized carbons (Fsp3) is 0.333. The van der Waals surface area contributed by atoms with Gasteiger partial charge in [0.15, 0.2) is 0 Å². The predicted molar refractivity (Wildman–Crippen MR) is 38.4 cm³/mol. The molecule has 0 saturated heterocycles. The van der Waals surface area contributed by atoms with Crippen LogP contribution in [0, 0.1) is 0 Å². The van der Waals surface area contributed by atoms with Crippen LogP contribution in [-0.2, 0) is 4.79 Å². The van der Waals surface area contributed by atoms with Gasteiger partial charge in [0, 0.05) is 6.21 Å². The minimum atomic E-state index is -4.67. The number of aliphatic imine (C=N–C) groups is 1. The van der Waals surface area contributed by atoms with Crippen molar-refractivity contribution >= 4 is 23.7 Å². The summed E-state index contributed by atoms with van der Waals surface area (Å²) in [6, 6.07) is 0. The molecule has 1 heterocycles. The maximum atomic E-state index is 12.0. The molecule has 1 N–H and O–H groups in total. The lowest BCUT2D eigenvalue weighted by Gasteiger charge is -2.18. The zero-order valence-corrected chi connectivity index (χ0v) is 6.73. The number of nitrogens with zero attached hydrogens (tertiary/aromatic N) is 1. The highest BCUT2D eigenvalue weighted by Gasteiger charge is 2.41. The third-order valence-electron chi connectivity index (χ3n) is 1.29. The molecule has 0 aromatic carbocycles. The summed E-state index contributed by atoms with van der Waals surface area (Å²) >= 11 is 5.04. The number of amides is 1. The Labute approximate surface area is 75.5 Å². The van der Waals surface area contributed by atoms with E-state index in [2.05, 4.69) is 4.99 Å². The zero-order chi connectivity index (χ0) is 10.3. The Hall–Kier alpha value is -0.880. The molecule has 0 aromatic rings. The fourth-order valence-corrected chi connectivity index (χ4v) is 0.845. The van der Waals surface area contributed by atoms with Gasteiger partial charge in [0.1, 0.15) is 0 Å². The van der Waals surface area contributed by atoms with Crippen molar-refractivity contribution in [1.82, 2.24) is 0 Å². The van der Waals surface area contributed by atoms with Gasteiger partial charge in [-0.1, -0.05) is 11.6 Å². The molecule has 13 heavy (non-hydrogen) atoms. The lowest BCUT2D eigenvalue weighted by molar-refractivity contribution is -0.126.